The van der Waals surface area contributed by atoms with E-state index in [1.165, 1.54) is 4.31 Å². The number of nitrogens with zero attached hydrogens (tertiary/aromatic N) is 1. The molecule has 0 spiro atoms. The molecule has 1 aliphatic heterocycles. The van der Waals surface area contributed by atoms with E-state index in [1.807, 2.05) is 6.92 Å². The van der Waals surface area contributed by atoms with Gasteiger partial charge in [-0.3, -0.25) is 4.79 Å². The fourth-order valence-corrected chi connectivity index (χ4v) is 3.54. The average molecular weight is 277 g/mol. The van der Waals surface area contributed by atoms with E-state index in [-0.39, 0.29) is 17.7 Å². The van der Waals surface area contributed by atoms with E-state index < -0.39 is 16.1 Å². The largest absolute Gasteiger partial charge is 0.352 e. The summed E-state index contributed by atoms with van der Waals surface area (Å²) in [6, 6.07) is -0.483. The average Bonchev–Trinajstić information content (AvgIpc) is 2.29. The topological polar surface area (TPSA) is 92.5 Å². The SMILES string of the molecule is CCCS(=O)(=O)N1CCC(NC(=O)C(C)N)CC1. The van der Waals surface area contributed by atoms with Crippen LogP contribution in [0.1, 0.15) is 33.1 Å². The van der Waals surface area contributed by atoms with Crippen molar-refractivity contribution >= 4 is 15.9 Å². The number of rotatable bonds is 5. The van der Waals surface area contributed by atoms with Crippen molar-refractivity contribution < 1.29 is 13.2 Å². The summed E-state index contributed by atoms with van der Waals surface area (Å²) in [4.78, 5) is 11.4. The maximum atomic E-state index is 11.8. The summed E-state index contributed by atoms with van der Waals surface area (Å²) in [6.07, 6.45) is 1.94. The van der Waals surface area contributed by atoms with Crippen molar-refractivity contribution in [2.45, 2.75) is 45.2 Å². The van der Waals surface area contributed by atoms with Gasteiger partial charge in [0.25, 0.3) is 0 Å². The zero-order valence-corrected chi connectivity index (χ0v) is 11.9. The van der Waals surface area contributed by atoms with Crippen molar-refractivity contribution in [2.24, 2.45) is 5.73 Å². The van der Waals surface area contributed by atoms with E-state index in [0.29, 0.717) is 32.4 Å². The predicted molar refractivity (Wildman–Crippen MR) is 70.5 cm³/mol. The molecule has 1 amide bonds. The van der Waals surface area contributed by atoms with Crippen molar-refractivity contribution in [1.82, 2.24) is 9.62 Å². The molecule has 1 aliphatic rings. The summed E-state index contributed by atoms with van der Waals surface area (Å²) in [6.45, 7) is 4.45. The lowest BCUT2D eigenvalue weighted by Gasteiger charge is -2.31. The van der Waals surface area contributed by atoms with Crippen molar-refractivity contribution in [2.75, 3.05) is 18.8 Å². The van der Waals surface area contributed by atoms with Gasteiger partial charge in [0.2, 0.25) is 15.9 Å². The number of carbonyl (C=O) groups is 1. The normalized spacial score (nSPS) is 20.6. The Morgan fingerprint density at radius 2 is 2.00 bits per heavy atom. The Bertz CT molecular complexity index is 373. The first kappa shape index (κ1) is 15.4. The summed E-state index contributed by atoms with van der Waals surface area (Å²) in [7, 11) is -3.11. The molecule has 3 N–H and O–H groups in total. The smallest absolute Gasteiger partial charge is 0.236 e. The third-order valence-electron chi connectivity index (χ3n) is 3.07. The molecule has 1 atom stereocenters. The second kappa shape index (κ2) is 6.49. The lowest BCUT2D eigenvalue weighted by molar-refractivity contribution is -0.122. The second-order valence-corrected chi connectivity index (χ2v) is 6.88. The van der Waals surface area contributed by atoms with E-state index in [2.05, 4.69) is 5.32 Å². The van der Waals surface area contributed by atoms with Gasteiger partial charge in [-0.25, -0.2) is 12.7 Å². The first-order valence-corrected chi connectivity index (χ1v) is 8.01. The van der Waals surface area contributed by atoms with Gasteiger partial charge in [-0.1, -0.05) is 6.92 Å². The van der Waals surface area contributed by atoms with Crippen LogP contribution in [0.2, 0.25) is 0 Å². The standard InChI is InChI=1S/C11H23N3O3S/c1-3-8-18(16,17)14-6-4-10(5-7-14)13-11(15)9(2)12/h9-10H,3-8,12H2,1-2H3,(H,13,15). The zero-order chi connectivity index (χ0) is 13.8. The number of amides is 1. The molecule has 18 heavy (non-hydrogen) atoms. The van der Waals surface area contributed by atoms with Gasteiger partial charge in [-0.2, -0.15) is 0 Å². The molecular formula is C11H23N3O3S. The second-order valence-electron chi connectivity index (χ2n) is 4.79. The van der Waals surface area contributed by atoms with Crippen LogP contribution in [0.15, 0.2) is 0 Å². The molecule has 0 radical (unpaired) electrons. The maximum absolute atomic E-state index is 11.8. The van der Waals surface area contributed by atoms with Crippen LogP contribution in [-0.2, 0) is 14.8 Å². The van der Waals surface area contributed by atoms with Gasteiger partial charge in [0.15, 0.2) is 0 Å². The van der Waals surface area contributed by atoms with Gasteiger partial charge in [0.1, 0.15) is 0 Å². The van der Waals surface area contributed by atoms with E-state index in [0.717, 1.165) is 0 Å². The molecule has 1 saturated heterocycles. The molecule has 106 valence electrons. The van der Waals surface area contributed by atoms with Crippen LogP contribution >= 0.6 is 0 Å². The van der Waals surface area contributed by atoms with Crippen LogP contribution in [0, 0.1) is 0 Å². The van der Waals surface area contributed by atoms with Crippen molar-refractivity contribution in [3.05, 3.63) is 0 Å². The summed E-state index contributed by atoms with van der Waals surface area (Å²) < 4.78 is 25.2. The molecule has 0 bridgehead atoms. The Morgan fingerprint density at radius 1 is 1.44 bits per heavy atom. The van der Waals surface area contributed by atoms with Gasteiger partial charge >= 0.3 is 0 Å². The molecule has 0 aromatic carbocycles. The lowest BCUT2D eigenvalue weighted by atomic mass is 10.1. The highest BCUT2D eigenvalue weighted by Gasteiger charge is 2.28. The zero-order valence-electron chi connectivity index (χ0n) is 11.1. The minimum absolute atomic E-state index is 0.0385. The molecule has 7 heteroatoms. The van der Waals surface area contributed by atoms with Crippen LogP contribution in [0.3, 0.4) is 0 Å². The summed E-state index contributed by atoms with van der Waals surface area (Å²) in [5, 5.41) is 2.84. The van der Waals surface area contributed by atoms with Gasteiger partial charge in [0.05, 0.1) is 11.8 Å². The van der Waals surface area contributed by atoms with Crippen molar-refractivity contribution in [3.8, 4) is 0 Å². The molecule has 6 nitrogen and oxygen atoms in total. The Morgan fingerprint density at radius 3 is 2.44 bits per heavy atom. The Balaban J connectivity index is 2.44. The Kier molecular flexibility index (Phi) is 5.55. The summed E-state index contributed by atoms with van der Waals surface area (Å²) in [5.41, 5.74) is 5.47. The van der Waals surface area contributed by atoms with Gasteiger partial charge in [0, 0.05) is 19.1 Å². The fraction of sp³-hybridized carbons (Fsp3) is 0.909. The van der Waals surface area contributed by atoms with Gasteiger partial charge < -0.3 is 11.1 Å². The number of nitrogens with one attached hydrogen (secondary N) is 1. The lowest BCUT2D eigenvalue weighted by Crippen LogP contribution is -2.50. The molecule has 0 saturated carbocycles. The molecular weight excluding hydrogens is 254 g/mol. The van der Waals surface area contributed by atoms with Crippen LogP contribution < -0.4 is 11.1 Å². The van der Waals surface area contributed by atoms with E-state index in [9.17, 15) is 13.2 Å². The highest BCUT2D eigenvalue weighted by Crippen LogP contribution is 2.15. The molecule has 1 rings (SSSR count). The third kappa shape index (κ3) is 4.22. The number of sulfonamides is 1. The number of carbonyl (C=O) groups excluding carboxylic acids is 1. The van der Waals surface area contributed by atoms with Crippen LogP contribution in [0.5, 0.6) is 0 Å². The van der Waals surface area contributed by atoms with E-state index in [1.54, 1.807) is 6.92 Å². The quantitative estimate of drug-likeness (QED) is 0.718. The van der Waals surface area contributed by atoms with Gasteiger partial charge in [-0.05, 0) is 26.2 Å². The van der Waals surface area contributed by atoms with E-state index >= 15 is 0 Å². The van der Waals surface area contributed by atoms with Crippen LogP contribution in [0.25, 0.3) is 0 Å². The predicted octanol–water partition coefficient (Wildman–Crippen LogP) is -0.346. The fourth-order valence-electron chi connectivity index (χ4n) is 2.00. The number of piperidine rings is 1. The molecule has 0 aromatic rings. The molecule has 0 aliphatic carbocycles. The minimum atomic E-state index is -3.11. The minimum Gasteiger partial charge on any atom is -0.352 e. The highest BCUT2D eigenvalue weighted by atomic mass is 32.2. The van der Waals surface area contributed by atoms with Gasteiger partial charge in [-0.15, -0.1) is 0 Å². The molecule has 1 fully saturated rings. The third-order valence-corrected chi connectivity index (χ3v) is 5.15. The van der Waals surface area contributed by atoms with Crippen LogP contribution in [0.4, 0.5) is 0 Å². The monoisotopic (exact) mass is 277 g/mol. The number of nitrogens with two attached hydrogens (primary N) is 1. The molecule has 1 unspecified atom stereocenters. The number of hydrogen-bond acceptors (Lipinski definition) is 4. The first-order valence-electron chi connectivity index (χ1n) is 6.40. The Labute approximate surface area is 109 Å². The highest BCUT2D eigenvalue weighted by molar-refractivity contribution is 7.89. The Hall–Kier alpha value is -0.660. The maximum Gasteiger partial charge on any atom is 0.236 e. The first-order chi connectivity index (χ1) is 8.36. The van der Waals surface area contributed by atoms with E-state index in [4.69, 9.17) is 5.73 Å². The molecule has 0 aromatic heterocycles. The summed E-state index contributed by atoms with van der Waals surface area (Å²) >= 11 is 0. The van der Waals surface area contributed by atoms with Crippen molar-refractivity contribution in [1.29, 1.82) is 0 Å². The van der Waals surface area contributed by atoms with Crippen molar-refractivity contribution in [3.63, 3.8) is 0 Å². The molecule has 1 heterocycles. The van der Waals surface area contributed by atoms with Crippen LogP contribution in [-0.4, -0.2) is 49.6 Å². The summed E-state index contributed by atoms with van der Waals surface area (Å²) in [5.74, 6) is 0.0222. The number of hydrogen-bond donors (Lipinski definition) is 2.